The minimum absolute atomic E-state index is 0.305. The highest BCUT2D eigenvalue weighted by Gasteiger charge is 2.53. The lowest BCUT2D eigenvalue weighted by Crippen LogP contribution is -2.41. The maximum atomic E-state index is 12.0. The van der Waals surface area contributed by atoms with Crippen molar-refractivity contribution in [2.75, 3.05) is 0 Å². The summed E-state index contributed by atoms with van der Waals surface area (Å²) in [5.74, 6) is 0.335. The van der Waals surface area contributed by atoms with Gasteiger partial charge < -0.3 is 14.0 Å². The summed E-state index contributed by atoms with van der Waals surface area (Å²) in [5.41, 5.74) is 0.367. The second-order valence-corrected chi connectivity index (χ2v) is 10.1. The molecule has 2 heterocycles. The minimum Gasteiger partial charge on any atom is -0.463 e. The number of hydrogen-bond acceptors (Lipinski definition) is 5. The van der Waals surface area contributed by atoms with Crippen LogP contribution in [0.1, 0.15) is 48.0 Å². The quantitative estimate of drug-likeness (QED) is 0.700. The van der Waals surface area contributed by atoms with E-state index in [4.69, 9.17) is 14.0 Å². The smallest absolute Gasteiger partial charge is 0.463 e. The van der Waals surface area contributed by atoms with E-state index in [1.165, 1.54) is 11.7 Å². The standard InChI is InChI=1S/C18H25BO5S/c1-16(2)9-7-8-13(19-23-17(3,4)18(5,6)24-19)15(16)14-12-25(20,21)11-10-22-14/h7-8,10-12H,9H2,1-6H3. The summed E-state index contributed by atoms with van der Waals surface area (Å²) in [6.07, 6.45) is 6.01. The zero-order valence-corrected chi connectivity index (χ0v) is 16.4. The van der Waals surface area contributed by atoms with Gasteiger partial charge in [0.2, 0.25) is 0 Å². The predicted molar refractivity (Wildman–Crippen MR) is 97.9 cm³/mol. The van der Waals surface area contributed by atoms with E-state index in [0.29, 0.717) is 5.76 Å². The van der Waals surface area contributed by atoms with E-state index in [0.717, 1.165) is 22.9 Å². The molecule has 3 aliphatic rings. The monoisotopic (exact) mass is 364 g/mol. The summed E-state index contributed by atoms with van der Waals surface area (Å²) in [4.78, 5) is 0. The van der Waals surface area contributed by atoms with Crippen molar-refractivity contribution < 1.29 is 22.5 Å². The van der Waals surface area contributed by atoms with Crippen LogP contribution in [0.4, 0.5) is 0 Å². The highest BCUT2D eigenvalue weighted by Crippen LogP contribution is 2.46. The van der Waals surface area contributed by atoms with Crippen molar-refractivity contribution >= 4 is 17.0 Å². The molecule has 0 N–H and O–H groups in total. The first-order valence-electron chi connectivity index (χ1n) is 8.42. The summed E-state index contributed by atoms with van der Waals surface area (Å²) >= 11 is 0. The molecule has 5 nitrogen and oxygen atoms in total. The largest absolute Gasteiger partial charge is 0.495 e. The zero-order valence-electron chi connectivity index (χ0n) is 15.6. The third-order valence-electron chi connectivity index (χ3n) is 5.36. The van der Waals surface area contributed by atoms with Gasteiger partial charge in [-0.3, -0.25) is 0 Å². The Morgan fingerprint density at radius 3 is 2.20 bits per heavy atom. The third kappa shape index (κ3) is 3.25. The van der Waals surface area contributed by atoms with Crippen LogP contribution in [0.5, 0.6) is 0 Å². The Labute approximate surface area is 150 Å². The lowest BCUT2D eigenvalue weighted by Gasteiger charge is -2.34. The van der Waals surface area contributed by atoms with Crippen molar-refractivity contribution in [3.05, 3.63) is 46.0 Å². The first-order valence-corrected chi connectivity index (χ1v) is 10.0. The average Bonchev–Trinajstić information content (AvgIpc) is 2.64. The molecule has 1 aliphatic carbocycles. The maximum Gasteiger partial charge on any atom is 0.495 e. The molecule has 2 aliphatic heterocycles. The predicted octanol–water partition coefficient (Wildman–Crippen LogP) is 3.66. The van der Waals surface area contributed by atoms with Crippen molar-refractivity contribution in [1.82, 2.24) is 0 Å². The molecule has 0 radical (unpaired) electrons. The fourth-order valence-electron chi connectivity index (χ4n) is 3.21. The van der Waals surface area contributed by atoms with Crippen LogP contribution in [0.15, 0.2) is 46.0 Å². The van der Waals surface area contributed by atoms with Gasteiger partial charge in [0.05, 0.1) is 22.0 Å². The number of ether oxygens (including phenoxy) is 1. The third-order valence-corrected chi connectivity index (χ3v) is 6.39. The van der Waals surface area contributed by atoms with E-state index in [-0.39, 0.29) is 5.41 Å². The van der Waals surface area contributed by atoms with Gasteiger partial charge >= 0.3 is 7.12 Å². The molecule has 0 atom stereocenters. The van der Waals surface area contributed by atoms with Crippen LogP contribution in [-0.4, -0.2) is 26.7 Å². The molecular formula is C18H25BO5S. The first-order chi connectivity index (χ1) is 11.3. The zero-order chi connectivity index (χ0) is 18.7. The fourth-order valence-corrected chi connectivity index (χ4v) is 3.97. The summed E-state index contributed by atoms with van der Waals surface area (Å²) in [7, 11) is -4.01. The van der Waals surface area contributed by atoms with E-state index < -0.39 is 28.2 Å². The molecule has 1 saturated heterocycles. The van der Waals surface area contributed by atoms with Crippen LogP contribution in [0.2, 0.25) is 0 Å². The fraction of sp³-hybridized carbons (Fsp3) is 0.556. The molecule has 0 aromatic carbocycles. The SMILES string of the molecule is CC1(C)CC=CC(B2OC(C)(C)C(C)(C)O2)=C1C1=CS(=O)(=O)C=CO1. The van der Waals surface area contributed by atoms with Crippen LogP contribution < -0.4 is 0 Å². The molecule has 3 rings (SSSR count). The number of rotatable bonds is 2. The van der Waals surface area contributed by atoms with Crippen LogP contribution in [0.3, 0.4) is 0 Å². The highest BCUT2D eigenvalue weighted by atomic mass is 32.2. The van der Waals surface area contributed by atoms with Crippen LogP contribution in [0, 0.1) is 5.41 Å². The van der Waals surface area contributed by atoms with Crippen LogP contribution in [0.25, 0.3) is 0 Å². The molecule has 0 unspecified atom stereocenters. The van der Waals surface area contributed by atoms with Gasteiger partial charge in [-0.2, -0.15) is 0 Å². The summed E-state index contributed by atoms with van der Waals surface area (Å²) in [6.45, 7) is 12.1. The van der Waals surface area contributed by atoms with Gasteiger partial charge in [0.25, 0.3) is 0 Å². The van der Waals surface area contributed by atoms with Gasteiger partial charge in [0.1, 0.15) is 12.0 Å². The maximum absolute atomic E-state index is 12.0. The van der Waals surface area contributed by atoms with Gasteiger partial charge in [0, 0.05) is 5.57 Å². The summed E-state index contributed by atoms with van der Waals surface area (Å²) in [6, 6.07) is 0. The van der Waals surface area contributed by atoms with Crippen molar-refractivity contribution in [3.8, 4) is 0 Å². The molecule has 0 spiro atoms. The van der Waals surface area contributed by atoms with E-state index >= 15 is 0 Å². The van der Waals surface area contributed by atoms with E-state index in [2.05, 4.69) is 19.9 Å². The topological polar surface area (TPSA) is 61.8 Å². The molecule has 0 bridgehead atoms. The second kappa shape index (κ2) is 5.59. The van der Waals surface area contributed by atoms with Gasteiger partial charge in [-0.05, 0) is 45.0 Å². The van der Waals surface area contributed by atoms with E-state index in [1.807, 2.05) is 33.8 Å². The number of hydrogen-bond donors (Lipinski definition) is 0. The van der Waals surface area contributed by atoms with Crippen molar-refractivity contribution in [2.24, 2.45) is 5.41 Å². The van der Waals surface area contributed by atoms with Gasteiger partial charge in [-0.25, -0.2) is 8.42 Å². The molecule has 0 aromatic rings. The van der Waals surface area contributed by atoms with Crippen LogP contribution in [-0.2, 0) is 23.9 Å². The minimum atomic E-state index is -3.43. The van der Waals surface area contributed by atoms with E-state index in [1.54, 1.807) is 0 Å². The normalized spacial score (nSPS) is 28.7. The van der Waals surface area contributed by atoms with Crippen molar-refractivity contribution in [1.29, 1.82) is 0 Å². The molecule has 0 amide bonds. The molecular weight excluding hydrogens is 339 g/mol. The van der Waals surface area contributed by atoms with E-state index in [9.17, 15) is 8.42 Å². The Kier molecular flexibility index (Phi) is 4.14. The lowest BCUT2D eigenvalue weighted by molar-refractivity contribution is 0.00578. The Balaban J connectivity index is 2.13. The average molecular weight is 364 g/mol. The lowest BCUT2D eigenvalue weighted by atomic mass is 9.64. The second-order valence-electron chi connectivity index (χ2n) is 8.37. The summed E-state index contributed by atoms with van der Waals surface area (Å²) in [5, 5.41) is 2.23. The van der Waals surface area contributed by atoms with Gasteiger partial charge in [0.15, 0.2) is 9.84 Å². The Bertz CT molecular complexity index is 796. The van der Waals surface area contributed by atoms with Gasteiger partial charge in [-0.1, -0.05) is 26.0 Å². The molecule has 136 valence electrons. The first kappa shape index (κ1) is 18.5. The molecule has 1 fully saturated rings. The summed E-state index contributed by atoms with van der Waals surface area (Å²) < 4.78 is 42.0. The van der Waals surface area contributed by atoms with Crippen molar-refractivity contribution in [2.45, 2.75) is 59.2 Å². The number of sulfone groups is 1. The molecule has 0 saturated carbocycles. The van der Waals surface area contributed by atoms with Gasteiger partial charge in [-0.15, -0.1) is 0 Å². The Morgan fingerprint density at radius 1 is 1.04 bits per heavy atom. The number of allylic oxidation sites excluding steroid dienone is 4. The van der Waals surface area contributed by atoms with Crippen molar-refractivity contribution in [3.63, 3.8) is 0 Å². The highest BCUT2D eigenvalue weighted by molar-refractivity contribution is 7.97. The molecule has 7 heteroatoms. The molecule has 0 aromatic heterocycles. The Hall–Kier alpha value is -1.31. The van der Waals surface area contributed by atoms with Crippen LogP contribution >= 0.6 is 0 Å². The Morgan fingerprint density at radius 2 is 1.64 bits per heavy atom. The molecule has 25 heavy (non-hydrogen) atoms.